The summed E-state index contributed by atoms with van der Waals surface area (Å²) in [5.41, 5.74) is 3.70. The van der Waals surface area contributed by atoms with E-state index in [1.165, 1.54) is 16.8 Å². The van der Waals surface area contributed by atoms with Gasteiger partial charge in [0.05, 0.1) is 13.0 Å². The molecule has 43 heavy (non-hydrogen) atoms. The smallest absolute Gasteiger partial charge is 0.410 e. The van der Waals surface area contributed by atoms with Crippen molar-refractivity contribution in [1.82, 2.24) is 14.7 Å². The van der Waals surface area contributed by atoms with Crippen LogP contribution in [-0.2, 0) is 23.8 Å². The molecule has 0 aromatic heterocycles. The van der Waals surface area contributed by atoms with Gasteiger partial charge in [-0.05, 0) is 49.4 Å². The number of likely N-dealkylation sites (N-methyl/N-ethyl adjacent to an activating group) is 3. The second-order valence-corrected chi connectivity index (χ2v) is 11.9. The Labute approximate surface area is 254 Å². The molecule has 0 saturated carbocycles. The van der Waals surface area contributed by atoms with Crippen LogP contribution in [0.25, 0.3) is 11.1 Å². The fourth-order valence-electron chi connectivity index (χ4n) is 4.86. The molecule has 1 aliphatic carbocycles. The first-order chi connectivity index (χ1) is 20.3. The molecule has 10 heteroatoms. The third kappa shape index (κ3) is 8.95. The number of fused-ring (bicyclic) bond motifs is 3. The summed E-state index contributed by atoms with van der Waals surface area (Å²) in [6.45, 7) is 7.98. The van der Waals surface area contributed by atoms with Gasteiger partial charge in [0.2, 0.25) is 5.91 Å². The van der Waals surface area contributed by atoms with E-state index in [1.807, 2.05) is 43.3 Å². The first-order valence-electron chi connectivity index (χ1n) is 14.8. The Kier molecular flexibility index (Phi) is 11.6. The molecule has 234 valence electrons. The number of benzene rings is 2. The van der Waals surface area contributed by atoms with Gasteiger partial charge in [0.25, 0.3) is 0 Å². The number of carbonyl (C=O) groups excluding carboxylic acids is 4. The summed E-state index contributed by atoms with van der Waals surface area (Å²) >= 11 is 0. The van der Waals surface area contributed by atoms with Gasteiger partial charge in [-0.2, -0.15) is 0 Å². The molecule has 2 aromatic carbocycles. The molecule has 0 spiro atoms. The molecular formula is C33H45N3O7. The lowest BCUT2D eigenvalue weighted by molar-refractivity contribution is -0.149. The Morgan fingerprint density at radius 3 is 1.93 bits per heavy atom. The highest BCUT2D eigenvalue weighted by atomic mass is 16.6. The van der Waals surface area contributed by atoms with E-state index >= 15 is 0 Å². The number of nitrogens with zero attached hydrogens (tertiary/aromatic N) is 3. The monoisotopic (exact) mass is 595 g/mol. The van der Waals surface area contributed by atoms with Gasteiger partial charge in [0, 0.05) is 40.2 Å². The predicted molar refractivity (Wildman–Crippen MR) is 164 cm³/mol. The van der Waals surface area contributed by atoms with Crippen LogP contribution in [0.5, 0.6) is 0 Å². The highest BCUT2D eigenvalue weighted by molar-refractivity contribution is 5.89. The molecule has 3 amide bonds. The number of esters is 1. The van der Waals surface area contributed by atoms with Crippen LogP contribution in [0.3, 0.4) is 0 Å². The van der Waals surface area contributed by atoms with E-state index in [4.69, 9.17) is 14.2 Å². The van der Waals surface area contributed by atoms with Crippen molar-refractivity contribution >= 4 is 24.1 Å². The molecule has 2 aromatic rings. The van der Waals surface area contributed by atoms with Crippen LogP contribution in [-0.4, -0.2) is 97.9 Å². The average Bonchev–Trinajstić information content (AvgIpc) is 3.29. The second kappa shape index (κ2) is 14.9. The first-order valence-corrected chi connectivity index (χ1v) is 14.8. The zero-order valence-corrected chi connectivity index (χ0v) is 26.4. The van der Waals surface area contributed by atoms with Crippen LogP contribution in [0, 0.1) is 0 Å². The molecule has 0 fully saturated rings. The molecule has 0 saturated heterocycles. The van der Waals surface area contributed by atoms with Gasteiger partial charge < -0.3 is 24.0 Å². The standard InChI is InChI=1S/C33H45N3O7/c1-8-9-20-41-29(37)21-28(30(38)34(5)18-19-35(6)31(39)43-33(2,3)4)36(7)32(40)42-22-27-25-16-12-10-14-23(25)24-15-11-13-17-26(24)27/h10-17,27-28H,8-9,18-22H2,1-7H3/t28-/m0/s1. The zero-order valence-electron chi connectivity index (χ0n) is 26.4. The van der Waals surface area contributed by atoms with E-state index < -0.39 is 35.7 Å². The number of hydrogen-bond donors (Lipinski definition) is 0. The summed E-state index contributed by atoms with van der Waals surface area (Å²) in [6, 6.07) is 14.9. The Balaban J connectivity index is 1.70. The zero-order chi connectivity index (χ0) is 31.7. The van der Waals surface area contributed by atoms with Crippen LogP contribution < -0.4 is 0 Å². The van der Waals surface area contributed by atoms with Crippen LogP contribution in [0.1, 0.15) is 64.0 Å². The largest absolute Gasteiger partial charge is 0.466 e. The van der Waals surface area contributed by atoms with E-state index in [1.54, 1.807) is 34.9 Å². The van der Waals surface area contributed by atoms with Crippen molar-refractivity contribution in [3.05, 3.63) is 59.7 Å². The Morgan fingerprint density at radius 2 is 1.37 bits per heavy atom. The van der Waals surface area contributed by atoms with Crippen molar-refractivity contribution in [2.45, 2.75) is 64.5 Å². The Bertz CT molecular complexity index is 1240. The lowest BCUT2D eigenvalue weighted by Gasteiger charge is -2.31. The number of carbonyl (C=O) groups is 4. The van der Waals surface area contributed by atoms with Crippen molar-refractivity contribution < 1.29 is 33.4 Å². The van der Waals surface area contributed by atoms with E-state index in [2.05, 4.69) is 12.1 Å². The van der Waals surface area contributed by atoms with Crippen molar-refractivity contribution in [3.63, 3.8) is 0 Å². The summed E-state index contributed by atoms with van der Waals surface area (Å²) in [5, 5.41) is 0. The van der Waals surface area contributed by atoms with E-state index in [-0.39, 0.29) is 38.6 Å². The van der Waals surface area contributed by atoms with Gasteiger partial charge >= 0.3 is 18.2 Å². The maximum absolute atomic E-state index is 13.6. The topological polar surface area (TPSA) is 106 Å². The lowest BCUT2D eigenvalue weighted by Crippen LogP contribution is -2.51. The van der Waals surface area contributed by atoms with Crippen molar-refractivity contribution in [3.8, 4) is 11.1 Å². The van der Waals surface area contributed by atoms with Crippen LogP contribution >= 0.6 is 0 Å². The maximum atomic E-state index is 13.6. The molecular weight excluding hydrogens is 550 g/mol. The molecule has 0 N–H and O–H groups in total. The third-order valence-electron chi connectivity index (χ3n) is 7.35. The van der Waals surface area contributed by atoms with Gasteiger partial charge in [0.1, 0.15) is 18.2 Å². The van der Waals surface area contributed by atoms with E-state index in [9.17, 15) is 19.2 Å². The molecule has 0 heterocycles. The fourth-order valence-corrected chi connectivity index (χ4v) is 4.86. The average molecular weight is 596 g/mol. The number of hydrogen-bond acceptors (Lipinski definition) is 7. The molecule has 0 bridgehead atoms. The summed E-state index contributed by atoms with van der Waals surface area (Å²) in [6.07, 6.45) is -0.0108. The highest BCUT2D eigenvalue weighted by Crippen LogP contribution is 2.44. The molecule has 10 nitrogen and oxygen atoms in total. The van der Waals surface area contributed by atoms with Gasteiger partial charge in [-0.15, -0.1) is 0 Å². The van der Waals surface area contributed by atoms with Crippen LogP contribution in [0.2, 0.25) is 0 Å². The molecule has 1 atom stereocenters. The number of rotatable bonds is 12. The number of ether oxygens (including phenoxy) is 3. The van der Waals surface area contributed by atoms with Crippen LogP contribution in [0.15, 0.2) is 48.5 Å². The minimum Gasteiger partial charge on any atom is -0.466 e. The molecule has 0 aliphatic heterocycles. The van der Waals surface area contributed by atoms with Gasteiger partial charge in [-0.25, -0.2) is 9.59 Å². The van der Waals surface area contributed by atoms with Gasteiger partial charge in [-0.1, -0.05) is 61.9 Å². The summed E-state index contributed by atoms with van der Waals surface area (Å²) in [4.78, 5) is 55.9. The molecule has 3 rings (SSSR count). The van der Waals surface area contributed by atoms with Crippen LogP contribution in [0.4, 0.5) is 9.59 Å². The quantitative estimate of drug-likeness (QED) is 0.186. The van der Waals surface area contributed by atoms with Crippen molar-refractivity contribution in [1.29, 1.82) is 0 Å². The Hall–Kier alpha value is -4.08. The normalized spacial score (nSPS) is 12.9. The van der Waals surface area contributed by atoms with Gasteiger partial charge in [0.15, 0.2) is 0 Å². The summed E-state index contributed by atoms with van der Waals surface area (Å²) in [7, 11) is 4.59. The number of unbranched alkanes of at least 4 members (excludes halogenated alkanes) is 1. The first kappa shape index (κ1) is 33.4. The fraction of sp³-hybridized carbons (Fsp3) is 0.515. The third-order valence-corrected chi connectivity index (χ3v) is 7.35. The predicted octanol–water partition coefficient (Wildman–Crippen LogP) is 5.29. The highest BCUT2D eigenvalue weighted by Gasteiger charge is 2.35. The Morgan fingerprint density at radius 1 is 0.814 bits per heavy atom. The van der Waals surface area contributed by atoms with Gasteiger partial charge in [-0.3, -0.25) is 14.5 Å². The summed E-state index contributed by atoms with van der Waals surface area (Å²) in [5.74, 6) is -1.20. The maximum Gasteiger partial charge on any atom is 0.410 e. The lowest BCUT2D eigenvalue weighted by atomic mass is 9.98. The summed E-state index contributed by atoms with van der Waals surface area (Å²) < 4.78 is 16.4. The molecule has 1 aliphatic rings. The van der Waals surface area contributed by atoms with Crippen molar-refractivity contribution in [2.24, 2.45) is 0 Å². The molecule has 0 unspecified atom stereocenters. The number of amides is 3. The molecule has 0 radical (unpaired) electrons. The van der Waals surface area contributed by atoms with E-state index in [0.717, 1.165) is 33.6 Å². The minimum atomic E-state index is -1.15. The van der Waals surface area contributed by atoms with E-state index in [0.29, 0.717) is 6.42 Å². The SMILES string of the molecule is CCCCOC(=O)C[C@@H](C(=O)N(C)CCN(C)C(=O)OC(C)(C)C)N(C)C(=O)OCC1c2ccccc2-c2ccccc21. The minimum absolute atomic E-state index is 0.0789. The second-order valence-electron chi connectivity index (χ2n) is 11.9. The van der Waals surface area contributed by atoms with Crippen molar-refractivity contribution in [2.75, 3.05) is 47.4 Å².